The summed E-state index contributed by atoms with van der Waals surface area (Å²) in [6.07, 6.45) is 4.28. The van der Waals surface area contributed by atoms with Gasteiger partial charge in [-0.25, -0.2) is 4.79 Å². The lowest BCUT2D eigenvalue weighted by Crippen LogP contribution is -2.50. The molecule has 0 aliphatic carbocycles. The molecular weight excluding hydrogens is 394 g/mol. The predicted molar refractivity (Wildman–Crippen MR) is 119 cm³/mol. The zero-order chi connectivity index (χ0) is 22.8. The number of carbonyl (C=O) groups excluding carboxylic acids is 3. The quantitative estimate of drug-likeness (QED) is 0.414. The van der Waals surface area contributed by atoms with Gasteiger partial charge in [-0.2, -0.15) is 0 Å². The Kier molecular flexibility index (Phi) is 9.72. The normalized spacial score (nSPS) is 16.5. The highest BCUT2D eigenvalue weighted by Crippen LogP contribution is 2.37. The molecule has 31 heavy (non-hydrogen) atoms. The minimum atomic E-state index is -0.435. The molecule has 0 aromatic heterocycles. The summed E-state index contributed by atoms with van der Waals surface area (Å²) in [6.45, 7) is 7.12. The van der Waals surface area contributed by atoms with Crippen molar-refractivity contribution < 1.29 is 24.9 Å². The molecule has 1 aromatic carbocycles. The number of hydrogen-bond donors (Lipinski definition) is 2. The maximum Gasteiger partial charge on any atom is 0.336 e. The number of aryl methyl sites for hydroxylation is 1. The van der Waals surface area contributed by atoms with Gasteiger partial charge in [-0.1, -0.05) is 36.2 Å². The molecule has 1 aromatic rings. The van der Waals surface area contributed by atoms with Crippen molar-refractivity contribution in [2.45, 2.75) is 58.8 Å². The molecule has 0 fully saturated rings. The molecule has 0 saturated carbocycles. The van der Waals surface area contributed by atoms with Gasteiger partial charge >= 0.3 is 5.97 Å². The molecule has 1 atom stereocenters. The third-order valence-electron chi connectivity index (χ3n) is 5.56. The van der Waals surface area contributed by atoms with E-state index in [1.807, 2.05) is 31.2 Å². The Morgan fingerprint density at radius 3 is 2.61 bits per heavy atom. The number of carbonyl (C=O) groups is 3. The Bertz CT molecular complexity index is 819. The van der Waals surface area contributed by atoms with Crippen LogP contribution in [0.2, 0.25) is 0 Å². The first-order chi connectivity index (χ1) is 14.9. The van der Waals surface area contributed by atoms with Crippen molar-refractivity contribution in [3.05, 3.63) is 46.7 Å². The molecule has 4 N–H and O–H groups in total. The van der Waals surface area contributed by atoms with Crippen LogP contribution in [0, 0.1) is 6.92 Å². The highest BCUT2D eigenvalue weighted by atomic mass is 16.5. The first-order valence-electron chi connectivity index (χ1n) is 11.2. The van der Waals surface area contributed by atoms with E-state index in [-0.39, 0.29) is 37.3 Å². The molecule has 0 radical (unpaired) electrons. The number of quaternary nitrogens is 1. The fraction of sp³-hybridized carbons (Fsp3) is 0.542. The lowest BCUT2D eigenvalue weighted by atomic mass is 9.83. The topological polar surface area (TPSA) is 103 Å². The van der Waals surface area contributed by atoms with Crippen LogP contribution in [0.15, 0.2) is 35.5 Å². The number of unbranched alkanes of at least 4 members (excludes halogenated alkanes) is 3. The SMILES string of the molecule is CCOC(=O)C1=C(C)N(CC(=O)NCCCCCC[NH3+])C(=O)C[C@@H]1c1cccc(C)c1. The van der Waals surface area contributed by atoms with E-state index in [1.165, 1.54) is 4.90 Å². The van der Waals surface area contributed by atoms with E-state index in [0.717, 1.165) is 43.4 Å². The van der Waals surface area contributed by atoms with E-state index in [4.69, 9.17) is 4.74 Å². The van der Waals surface area contributed by atoms with Crippen molar-refractivity contribution in [2.24, 2.45) is 0 Å². The zero-order valence-electron chi connectivity index (χ0n) is 19.0. The number of ether oxygens (including phenoxy) is 1. The largest absolute Gasteiger partial charge is 0.463 e. The van der Waals surface area contributed by atoms with Crippen LogP contribution in [0.5, 0.6) is 0 Å². The standard InChI is InChI=1S/C24H35N3O4/c1-4-31-24(30)23-18(3)27(16-21(28)26-13-8-6-5-7-12-25)22(29)15-20(23)19-11-9-10-17(2)14-19/h9-11,14,20H,4-8,12-13,15-16,25H2,1-3H3,(H,26,28)/p+1/t20-/m1/s1. The molecule has 1 aliphatic heterocycles. The van der Waals surface area contributed by atoms with Crippen LogP contribution in [0.1, 0.15) is 63.0 Å². The Balaban J connectivity index is 2.16. The summed E-state index contributed by atoms with van der Waals surface area (Å²) in [5.74, 6) is -1.20. The highest BCUT2D eigenvalue weighted by molar-refractivity contribution is 5.97. The van der Waals surface area contributed by atoms with Gasteiger partial charge in [0.05, 0.1) is 18.7 Å². The van der Waals surface area contributed by atoms with Gasteiger partial charge in [-0.15, -0.1) is 0 Å². The van der Waals surface area contributed by atoms with Crippen LogP contribution in [0.3, 0.4) is 0 Å². The van der Waals surface area contributed by atoms with Gasteiger partial charge in [-0.3, -0.25) is 9.59 Å². The molecule has 2 amide bonds. The number of benzene rings is 1. The molecule has 0 bridgehead atoms. The average Bonchev–Trinajstić information content (AvgIpc) is 2.73. The zero-order valence-corrected chi connectivity index (χ0v) is 19.0. The number of amides is 2. The van der Waals surface area contributed by atoms with E-state index >= 15 is 0 Å². The summed E-state index contributed by atoms with van der Waals surface area (Å²) in [4.78, 5) is 39.6. The van der Waals surface area contributed by atoms with E-state index in [9.17, 15) is 14.4 Å². The minimum absolute atomic E-state index is 0.0903. The molecular formula is C24H36N3O4+. The van der Waals surface area contributed by atoms with Crippen molar-refractivity contribution in [1.82, 2.24) is 10.2 Å². The van der Waals surface area contributed by atoms with Crippen molar-refractivity contribution in [2.75, 3.05) is 26.2 Å². The molecule has 170 valence electrons. The Labute approximate surface area is 185 Å². The van der Waals surface area contributed by atoms with Gasteiger partial charge in [0.25, 0.3) is 0 Å². The molecule has 2 rings (SSSR count). The maximum absolute atomic E-state index is 12.9. The number of esters is 1. The van der Waals surface area contributed by atoms with Crippen molar-refractivity contribution in [3.63, 3.8) is 0 Å². The average molecular weight is 431 g/mol. The summed E-state index contributed by atoms with van der Waals surface area (Å²) in [5.41, 5.74) is 6.73. The lowest BCUT2D eigenvalue weighted by molar-refractivity contribution is -0.368. The second kappa shape index (κ2) is 12.2. The first kappa shape index (κ1) is 24.6. The van der Waals surface area contributed by atoms with Gasteiger partial charge in [0.1, 0.15) is 6.54 Å². The van der Waals surface area contributed by atoms with Gasteiger partial charge in [-0.05, 0) is 45.6 Å². The number of nitrogens with one attached hydrogen (secondary N) is 1. The predicted octanol–water partition coefficient (Wildman–Crippen LogP) is 2.07. The third kappa shape index (κ3) is 6.92. The highest BCUT2D eigenvalue weighted by Gasteiger charge is 2.37. The molecule has 7 nitrogen and oxygen atoms in total. The molecule has 7 heteroatoms. The summed E-state index contributed by atoms with van der Waals surface area (Å²) in [5, 5.41) is 2.88. The Hall–Kier alpha value is -2.67. The summed E-state index contributed by atoms with van der Waals surface area (Å²) in [7, 11) is 0. The van der Waals surface area contributed by atoms with Gasteiger partial charge < -0.3 is 20.7 Å². The molecule has 0 unspecified atom stereocenters. The monoisotopic (exact) mass is 430 g/mol. The Morgan fingerprint density at radius 2 is 1.94 bits per heavy atom. The second-order valence-corrected chi connectivity index (χ2v) is 7.99. The summed E-state index contributed by atoms with van der Waals surface area (Å²) < 4.78 is 5.29. The van der Waals surface area contributed by atoms with Crippen LogP contribution >= 0.6 is 0 Å². The second-order valence-electron chi connectivity index (χ2n) is 7.99. The number of allylic oxidation sites excluding steroid dienone is 1. The van der Waals surface area contributed by atoms with Gasteiger partial charge in [0.2, 0.25) is 11.8 Å². The van der Waals surface area contributed by atoms with Crippen molar-refractivity contribution in [3.8, 4) is 0 Å². The van der Waals surface area contributed by atoms with Crippen LogP contribution in [0.25, 0.3) is 0 Å². The van der Waals surface area contributed by atoms with E-state index in [1.54, 1.807) is 13.8 Å². The first-order valence-corrected chi connectivity index (χ1v) is 11.2. The van der Waals surface area contributed by atoms with Crippen LogP contribution in [-0.4, -0.2) is 48.9 Å². The van der Waals surface area contributed by atoms with Crippen molar-refractivity contribution >= 4 is 17.8 Å². The van der Waals surface area contributed by atoms with Crippen LogP contribution in [0.4, 0.5) is 0 Å². The number of hydrogen-bond acceptors (Lipinski definition) is 4. The van der Waals surface area contributed by atoms with Gasteiger partial charge in [0, 0.05) is 24.6 Å². The summed E-state index contributed by atoms with van der Waals surface area (Å²) >= 11 is 0. The van der Waals surface area contributed by atoms with E-state index in [2.05, 4.69) is 11.1 Å². The molecule has 1 heterocycles. The molecule has 1 aliphatic rings. The molecule has 0 spiro atoms. The lowest BCUT2D eigenvalue weighted by Gasteiger charge is -2.34. The fourth-order valence-corrected chi connectivity index (χ4v) is 3.93. The molecule has 0 saturated heterocycles. The minimum Gasteiger partial charge on any atom is -0.463 e. The van der Waals surface area contributed by atoms with Crippen molar-refractivity contribution in [1.29, 1.82) is 0 Å². The van der Waals surface area contributed by atoms with Crippen LogP contribution in [-0.2, 0) is 19.1 Å². The smallest absolute Gasteiger partial charge is 0.336 e. The maximum atomic E-state index is 12.9. The Morgan fingerprint density at radius 1 is 1.19 bits per heavy atom. The van der Waals surface area contributed by atoms with Crippen LogP contribution < -0.4 is 11.1 Å². The third-order valence-corrected chi connectivity index (χ3v) is 5.56. The van der Waals surface area contributed by atoms with E-state index in [0.29, 0.717) is 17.8 Å². The van der Waals surface area contributed by atoms with Gasteiger partial charge in [0.15, 0.2) is 0 Å². The summed E-state index contributed by atoms with van der Waals surface area (Å²) in [6, 6.07) is 7.81. The number of nitrogens with zero attached hydrogens (tertiary/aromatic N) is 1. The van der Waals surface area contributed by atoms with E-state index < -0.39 is 5.97 Å². The fourth-order valence-electron chi connectivity index (χ4n) is 3.93. The number of rotatable bonds is 11.